The fourth-order valence-corrected chi connectivity index (χ4v) is 2.87. The largest absolute Gasteiger partial charge is 0.508 e. The number of ketones is 1. The fraction of sp³-hybridized carbons (Fsp3) is 0.333. The minimum absolute atomic E-state index is 0.0669. The number of hydrogen-bond acceptors (Lipinski definition) is 5. The minimum atomic E-state index is -0.141. The highest BCUT2D eigenvalue weighted by atomic mass is 16.3. The van der Waals surface area contributed by atoms with Crippen molar-refractivity contribution in [2.45, 2.75) is 19.8 Å². The molecule has 1 aliphatic heterocycles. The van der Waals surface area contributed by atoms with Gasteiger partial charge in [-0.05, 0) is 44.0 Å². The zero-order valence-corrected chi connectivity index (χ0v) is 13.5. The molecule has 0 radical (unpaired) electrons. The number of likely N-dealkylation sites (tertiary alicyclic amines) is 1. The van der Waals surface area contributed by atoms with E-state index in [1.807, 2.05) is 6.92 Å². The molecule has 1 aliphatic rings. The van der Waals surface area contributed by atoms with Crippen LogP contribution in [0.3, 0.4) is 0 Å². The molecule has 6 nitrogen and oxygen atoms in total. The fourth-order valence-electron chi connectivity index (χ4n) is 2.87. The molecule has 0 saturated carbocycles. The van der Waals surface area contributed by atoms with Crippen molar-refractivity contribution in [1.29, 1.82) is 0 Å². The highest BCUT2D eigenvalue weighted by Crippen LogP contribution is 2.23. The van der Waals surface area contributed by atoms with E-state index >= 15 is 0 Å². The Labute approximate surface area is 140 Å². The highest BCUT2D eigenvalue weighted by molar-refractivity contribution is 5.98. The molecule has 1 saturated heterocycles. The van der Waals surface area contributed by atoms with Gasteiger partial charge in [-0.3, -0.25) is 14.6 Å². The molecule has 0 bridgehead atoms. The second-order valence-corrected chi connectivity index (χ2v) is 6.02. The molecule has 0 unspecified atom stereocenters. The van der Waals surface area contributed by atoms with Crippen LogP contribution in [0.15, 0.2) is 36.7 Å². The first kappa shape index (κ1) is 16.1. The van der Waals surface area contributed by atoms with Crippen molar-refractivity contribution in [3.63, 3.8) is 0 Å². The van der Waals surface area contributed by atoms with Crippen molar-refractivity contribution in [2.24, 2.45) is 5.92 Å². The lowest BCUT2D eigenvalue weighted by molar-refractivity contribution is 0.0645. The van der Waals surface area contributed by atoms with E-state index in [0.717, 1.165) is 5.69 Å². The van der Waals surface area contributed by atoms with Gasteiger partial charge in [-0.15, -0.1) is 0 Å². The molecule has 0 atom stereocenters. The smallest absolute Gasteiger partial charge is 0.274 e. The number of aryl methyl sites for hydroxylation is 1. The molecule has 3 rings (SSSR count). The number of aromatic nitrogens is 2. The van der Waals surface area contributed by atoms with Crippen molar-refractivity contribution in [1.82, 2.24) is 14.9 Å². The third-order valence-corrected chi connectivity index (χ3v) is 4.30. The van der Waals surface area contributed by atoms with Gasteiger partial charge in [0.25, 0.3) is 5.91 Å². The lowest BCUT2D eigenvalue weighted by Crippen LogP contribution is -2.40. The van der Waals surface area contributed by atoms with Crippen LogP contribution >= 0.6 is 0 Å². The number of benzene rings is 1. The van der Waals surface area contributed by atoms with E-state index in [1.54, 1.807) is 23.2 Å². The summed E-state index contributed by atoms with van der Waals surface area (Å²) in [7, 11) is 0. The lowest BCUT2D eigenvalue weighted by Gasteiger charge is -2.31. The second kappa shape index (κ2) is 6.78. The maximum absolute atomic E-state index is 12.5. The van der Waals surface area contributed by atoms with Crippen molar-refractivity contribution in [2.75, 3.05) is 13.1 Å². The van der Waals surface area contributed by atoms with E-state index in [0.29, 0.717) is 37.2 Å². The van der Waals surface area contributed by atoms with Crippen molar-refractivity contribution in [3.8, 4) is 5.75 Å². The maximum Gasteiger partial charge on any atom is 0.274 e. The molecule has 2 heterocycles. The van der Waals surface area contributed by atoms with Crippen LogP contribution < -0.4 is 0 Å². The number of nitrogens with zero attached hydrogens (tertiary/aromatic N) is 3. The first-order valence-corrected chi connectivity index (χ1v) is 7.96. The van der Waals surface area contributed by atoms with Crippen molar-refractivity contribution in [3.05, 3.63) is 53.6 Å². The zero-order valence-electron chi connectivity index (χ0n) is 13.5. The normalized spacial score (nSPS) is 15.3. The Hall–Kier alpha value is -2.76. The number of phenols is 1. The van der Waals surface area contributed by atoms with Gasteiger partial charge in [-0.25, -0.2) is 4.98 Å². The van der Waals surface area contributed by atoms with E-state index in [1.165, 1.54) is 18.3 Å². The molecule has 2 aromatic rings. The Balaban J connectivity index is 1.61. The van der Waals surface area contributed by atoms with Crippen LogP contribution in [0.4, 0.5) is 0 Å². The highest BCUT2D eigenvalue weighted by Gasteiger charge is 2.28. The standard InChI is InChI=1S/C18H19N3O3/c1-12-10-20-16(11-19-12)18(24)21-8-6-14(7-9-21)17(23)13-2-4-15(22)5-3-13/h2-5,10-11,14,22H,6-9H2,1H3. The number of aromatic hydroxyl groups is 1. The third kappa shape index (κ3) is 3.42. The topological polar surface area (TPSA) is 83.4 Å². The number of phenolic OH excluding ortho intramolecular Hbond substituents is 1. The summed E-state index contributed by atoms with van der Waals surface area (Å²) in [6.45, 7) is 2.88. The Bertz CT molecular complexity index is 668. The van der Waals surface area contributed by atoms with E-state index < -0.39 is 0 Å². The third-order valence-electron chi connectivity index (χ3n) is 4.30. The summed E-state index contributed by atoms with van der Waals surface area (Å²) in [5, 5.41) is 9.30. The van der Waals surface area contributed by atoms with Crippen LogP contribution in [0.1, 0.15) is 39.4 Å². The average Bonchev–Trinajstić information content (AvgIpc) is 2.62. The zero-order chi connectivity index (χ0) is 17.1. The number of carbonyl (C=O) groups is 2. The predicted octanol–water partition coefficient (Wildman–Crippen LogP) is 2.23. The van der Waals surface area contributed by atoms with Crippen LogP contribution in [-0.4, -0.2) is 44.8 Å². The molecular formula is C18H19N3O3. The van der Waals surface area contributed by atoms with Gasteiger partial charge in [0.05, 0.1) is 11.9 Å². The van der Waals surface area contributed by atoms with Gasteiger partial charge in [-0.2, -0.15) is 0 Å². The number of carbonyl (C=O) groups excluding carboxylic acids is 2. The molecule has 0 spiro atoms. The van der Waals surface area contributed by atoms with E-state index in [9.17, 15) is 14.7 Å². The summed E-state index contributed by atoms with van der Waals surface area (Å²) in [4.78, 5) is 34.8. The number of hydrogen-bond donors (Lipinski definition) is 1. The summed E-state index contributed by atoms with van der Waals surface area (Å²) >= 11 is 0. The van der Waals surface area contributed by atoms with Crippen molar-refractivity contribution >= 4 is 11.7 Å². The summed E-state index contributed by atoms with van der Waals surface area (Å²) in [5.41, 5.74) is 1.70. The lowest BCUT2D eigenvalue weighted by atomic mass is 9.89. The Morgan fingerprint density at radius 1 is 1.08 bits per heavy atom. The Morgan fingerprint density at radius 3 is 2.33 bits per heavy atom. The van der Waals surface area contributed by atoms with E-state index in [2.05, 4.69) is 9.97 Å². The molecule has 1 fully saturated rings. The van der Waals surface area contributed by atoms with Gasteiger partial charge < -0.3 is 10.0 Å². The molecule has 1 amide bonds. The van der Waals surface area contributed by atoms with Gasteiger partial charge in [0.1, 0.15) is 11.4 Å². The predicted molar refractivity (Wildman–Crippen MR) is 87.8 cm³/mol. The van der Waals surface area contributed by atoms with Gasteiger partial charge >= 0.3 is 0 Å². The van der Waals surface area contributed by atoms with Gasteiger partial charge in [0.15, 0.2) is 5.78 Å². The van der Waals surface area contributed by atoms with Crippen molar-refractivity contribution < 1.29 is 14.7 Å². The number of amides is 1. The summed E-state index contributed by atoms with van der Waals surface area (Å²) in [5.74, 6) is -0.0240. The first-order chi connectivity index (χ1) is 11.5. The van der Waals surface area contributed by atoms with Gasteiger partial charge in [-0.1, -0.05) is 0 Å². The van der Waals surface area contributed by atoms with Crippen LogP contribution in [0, 0.1) is 12.8 Å². The molecule has 0 aliphatic carbocycles. The molecule has 1 aromatic heterocycles. The monoisotopic (exact) mass is 325 g/mol. The first-order valence-electron chi connectivity index (χ1n) is 7.96. The maximum atomic E-state index is 12.5. The Kier molecular flexibility index (Phi) is 4.55. The van der Waals surface area contributed by atoms with E-state index in [4.69, 9.17) is 0 Å². The van der Waals surface area contributed by atoms with Gasteiger partial charge in [0.2, 0.25) is 0 Å². The van der Waals surface area contributed by atoms with Crippen LogP contribution in [0.25, 0.3) is 0 Å². The van der Waals surface area contributed by atoms with Crippen LogP contribution in [0.2, 0.25) is 0 Å². The number of rotatable bonds is 3. The molecule has 24 heavy (non-hydrogen) atoms. The molecule has 1 N–H and O–H groups in total. The molecule has 124 valence electrons. The number of piperidine rings is 1. The average molecular weight is 325 g/mol. The summed E-state index contributed by atoms with van der Waals surface area (Å²) in [6.07, 6.45) is 4.33. The number of Topliss-reactive ketones (excluding diaryl/α,β-unsaturated/α-hetero) is 1. The summed E-state index contributed by atoms with van der Waals surface area (Å²) in [6, 6.07) is 6.30. The SMILES string of the molecule is Cc1cnc(C(=O)N2CCC(C(=O)c3ccc(O)cc3)CC2)cn1. The van der Waals surface area contributed by atoms with E-state index in [-0.39, 0.29) is 23.4 Å². The molecule has 6 heteroatoms. The van der Waals surface area contributed by atoms with Crippen LogP contribution in [-0.2, 0) is 0 Å². The van der Waals surface area contributed by atoms with Crippen LogP contribution in [0.5, 0.6) is 5.75 Å². The molecule has 1 aromatic carbocycles. The molecular weight excluding hydrogens is 306 g/mol. The minimum Gasteiger partial charge on any atom is -0.508 e. The second-order valence-electron chi connectivity index (χ2n) is 6.02. The Morgan fingerprint density at radius 2 is 1.75 bits per heavy atom. The van der Waals surface area contributed by atoms with Gasteiger partial charge in [0, 0.05) is 30.8 Å². The summed E-state index contributed by atoms with van der Waals surface area (Å²) < 4.78 is 0. The quantitative estimate of drug-likeness (QED) is 0.875.